The molecule has 1 aliphatic rings. The molecule has 0 spiro atoms. The Labute approximate surface area is 135 Å². The maximum absolute atomic E-state index is 12.1. The van der Waals surface area contributed by atoms with Crippen LogP contribution in [-0.2, 0) is 11.8 Å². The lowest BCUT2D eigenvalue weighted by molar-refractivity contribution is -0.118. The van der Waals surface area contributed by atoms with Crippen molar-refractivity contribution in [3.8, 4) is 0 Å². The number of amides is 1. The third-order valence-corrected chi connectivity index (χ3v) is 4.25. The van der Waals surface area contributed by atoms with Crippen molar-refractivity contribution in [1.82, 2.24) is 14.7 Å². The van der Waals surface area contributed by atoms with Gasteiger partial charge in [0.1, 0.15) is 0 Å². The molecule has 1 aromatic heterocycles. The van der Waals surface area contributed by atoms with Crippen LogP contribution in [0.25, 0.3) is 0 Å². The number of benzene rings is 1. The van der Waals surface area contributed by atoms with Gasteiger partial charge in [0.15, 0.2) is 0 Å². The molecule has 6 nitrogen and oxygen atoms in total. The summed E-state index contributed by atoms with van der Waals surface area (Å²) in [6.45, 7) is 1.60. The number of aliphatic hydroxyl groups excluding tert-OH is 1. The Morgan fingerprint density at radius 1 is 1.39 bits per heavy atom. The first kappa shape index (κ1) is 15.7. The van der Waals surface area contributed by atoms with E-state index < -0.39 is 6.10 Å². The van der Waals surface area contributed by atoms with Crippen LogP contribution in [0.15, 0.2) is 42.7 Å². The normalized spacial score (nSPS) is 22.0. The van der Waals surface area contributed by atoms with E-state index in [0.29, 0.717) is 12.2 Å². The third-order valence-electron chi connectivity index (χ3n) is 4.25. The number of aromatic nitrogens is 2. The number of hydrogen-bond acceptors (Lipinski definition) is 4. The summed E-state index contributed by atoms with van der Waals surface area (Å²) in [6, 6.07) is 10.1. The predicted octanol–water partition coefficient (Wildman–Crippen LogP) is 1.21. The minimum atomic E-state index is -0.447. The minimum Gasteiger partial charge on any atom is -0.391 e. The number of nitrogens with one attached hydrogen (secondary N) is 1. The van der Waals surface area contributed by atoms with E-state index in [1.807, 2.05) is 23.1 Å². The van der Waals surface area contributed by atoms with Crippen LogP contribution in [0.1, 0.15) is 17.9 Å². The Balaban J connectivity index is 1.52. The van der Waals surface area contributed by atoms with Gasteiger partial charge in [0.25, 0.3) is 0 Å². The molecule has 0 saturated carbocycles. The van der Waals surface area contributed by atoms with E-state index in [2.05, 4.69) is 22.5 Å². The number of hydrogen-bond donors (Lipinski definition) is 2. The molecule has 2 aromatic rings. The van der Waals surface area contributed by atoms with Crippen LogP contribution >= 0.6 is 0 Å². The molecule has 0 unspecified atom stereocenters. The largest absolute Gasteiger partial charge is 0.391 e. The quantitative estimate of drug-likeness (QED) is 0.890. The van der Waals surface area contributed by atoms with Crippen LogP contribution in [0.2, 0.25) is 0 Å². The number of rotatable bonds is 4. The number of aryl methyl sites for hydroxylation is 1. The number of carbonyl (C=O) groups is 1. The third kappa shape index (κ3) is 3.97. The monoisotopic (exact) mass is 314 g/mol. The van der Waals surface area contributed by atoms with Gasteiger partial charge in [-0.15, -0.1) is 0 Å². The number of aliphatic hydroxyl groups is 1. The lowest BCUT2D eigenvalue weighted by Gasteiger charge is -2.35. The Hall–Kier alpha value is -2.18. The molecule has 1 fully saturated rings. The van der Waals surface area contributed by atoms with E-state index in [1.54, 1.807) is 24.1 Å². The van der Waals surface area contributed by atoms with E-state index in [0.717, 1.165) is 13.0 Å². The van der Waals surface area contributed by atoms with Crippen molar-refractivity contribution >= 4 is 11.6 Å². The van der Waals surface area contributed by atoms with E-state index in [-0.39, 0.29) is 18.4 Å². The number of carbonyl (C=O) groups excluding carboxylic acids is 1. The summed E-state index contributed by atoms with van der Waals surface area (Å²) >= 11 is 0. The number of β-amino-alcohol motifs (C(OH)–C–C–N with tert-alkyl or cyclic N) is 1. The molecular weight excluding hydrogens is 292 g/mol. The molecule has 0 bridgehead atoms. The topological polar surface area (TPSA) is 70.4 Å². The molecule has 2 N–H and O–H groups in total. The average molecular weight is 314 g/mol. The van der Waals surface area contributed by atoms with Crippen LogP contribution in [-0.4, -0.2) is 51.4 Å². The highest BCUT2D eigenvalue weighted by molar-refractivity contribution is 5.91. The van der Waals surface area contributed by atoms with Gasteiger partial charge in [-0.05, 0) is 18.5 Å². The highest BCUT2D eigenvalue weighted by Gasteiger charge is 2.29. The van der Waals surface area contributed by atoms with E-state index in [4.69, 9.17) is 0 Å². The molecule has 6 heteroatoms. The summed E-state index contributed by atoms with van der Waals surface area (Å²) in [7, 11) is 1.81. The lowest BCUT2D eigenvalue weighted by Crippen LogP contribution is -2.45. The Morgan fingerprint density at radius 3 is 2.83 bits per heavy atom. The standard InChI is InChI=1S/C17H22N4O2/c1-20-10-14(9-18-20)19-17(23)12-21-8-7-15(16(22)11-21)13-5-3-2-4-6-13/h2-6,9-10,15-16,22H,7-8,11-12H2,1H3,(H,19,23)/t15-,16-/m1/s1. The lowest BCUT2D eigenvalue weighted by atomic mass is 9.87. The molecule has 1 aromatic carbocycles. The van der Waals surface area contributed by atoms with Crippen LogP contribution < -0.4 is 5.32 Å². The first-order valence-electron chi connectivity index (χ1n) is 7.85. The first-order chi connectivity index (χ1) is 11.1. The molecule has 2 atom stereocenters. The summed E-state index contributed by atoms with van der Waals surface area (Å²) in [6.07, 6.45) is 3.78. The summed E-state index contributed by atoms with van der Waals surface area (Å²) in [5.74, 6) is 0.0668. The van der Waals surface area contributed by atoms with Crippen molar-refractivity contribution in [3.63, 3.8) is 0 Å². The van der Waals surface area contributed by atoms with Crippen molar-refractivity contribution in [2.75, 3.05) is 25.0 Å². The van der Waals surface area contributed by atoms with Gasteiger partial charge in [0.05, 0.1) is 24.5 Å². The van der Waals surface area contributed by atoms with Crippen molar-refractivity contribution in [2.45, 2.75) is 18.4 Å². The molecule has 122 valence electrons. The van der Waals surface area contributed by atoms with Crippen LogP contribution in [0, 0.1) is 0 Å². The fourth-order valence-corrected chi connectivity index (χ4v) is 3.12. The van der Waals surface area contributed by atoms with Crippen LogP contribution in [0.4, 0.5) is 5.69 Å². The molecule has 0 radical (unpaired) electrons. The fraction of sp³-hybridized carbons (Fsp3) is 0.412. The maximum Gasteiger partial charge on any atom is 0.238 e. The number of piperidine rings is 1. The van der Waals surface area contributed by atoms with Crippen molar-refractivity contribution in [1.29, 1.82) is 0 Å². The SMILES string of the molecule is Cn1cc(NC(=O)CN2CC[C@H](c3ccccc3)[C@H](O)C2)cn1. The molecule has 2 heterocycles. The number of likely N-dealkylation sites (tertiary alicyclic amines) is 1. The molecule has 0 aliphatic carbocycles. The van der Waals surface area contributed by atoms with E-state index >= 15 is 0 Å². The first-order valence-corrected chi connectivity index (χ1v) is 7.85. The number of anilines is 1. The smallest absolute Gasteiger partial charge is 0.238 e. The highest BCUT2D eigenvalue weighted by atomic mass is 16.3. The fourth-order valence-electron chi connectivity index (χ4n) is 3.12. The second-order valence-corrected chi connectivity index (χ2v) is 6.06. The van der Waals surface area contributed by atoms with Crippen LogP contribution in [0.3, 0.4) is 0 Å². The second-order valence-electron chi connectivity index (χ2n) is 6.06. The Kier molecular flexibility index (Phi) is 4.73. The zero-order valence-corrected chi connectivity index (χ0v) is 13.2. The van der Waals surface area contributed by atoms with Gasteiger partial charge in [-0.25, -0.2) is 0 Å². The second kappa shape index (κ2) is 6.93. The van der Waals surface area contributed by atoms with Gasteiger partial charge in [-0.1, -0.05) is 30.3 Å². The van der Waals surface area contributed by atoms with E-state index in [9.17, 15) is 9.90 Å². The average Bonchev–Trinajstić information content (AvgIpc) is 2.93. The summed E-state index contributed by atoms with van der Waals surface area (Å²) in [4.78, 5) is 14.1. The zero-order valence-electron chi connectivity index (χ0n) is 13.2. The van der Waals surface area contributed by atoms with Gasteiger partial charge in [0, 0.05) is 25.7 Å². The van der Waals surface area contributed by atoms with Gasteiger partial charge >= 0.3 is 0 Å². The Bertz CT molecular complexity index is 656. The summed E-state index contributed by atoms with van der Waals surface area (Å²) in [5.41, 5.74) is 1.86. The molecule has 1 saturated heterocycles. The van der Waals surface area contributed by atoms with Gasteiger partial charge in [-0.3, -0.25) is 14.4 Å². The summed E-state index contributed by atoms with van der Waals surface area (Å²) in [5, 5.41) is 17.3. The number of nitrogens with zero attached hydrogens (tertiary/aromatic N) is 3. The maximum atomic E-state index is 12.1. The molecule has 3 rings (SSSR count). The zero-order chi connectivity index (χ0) is 16.2. The molecule has 23 heavy (non-hydrogen) atoms. The van der Waals surface area contributed by atoms with E-state index in [1.165, 1.54) is 5.56 Å². The van der Waals surface area contributed by atoms with Crippen LogP contribution in [0.5, 0.6) is 0 Å². The predicted molar refractivity (Wildman–Crippen MR) is 88.1 cm³/mol. The minimum absolute atomic E-state index is 0.0802. The van der Waals surface area contributed by atoms with Gasteiger partial charge < -0.3 is 10.4 Å². The van der Waals surface area contributed by atoms with Gasteiger partial charge in [0.2, 0.25) is 5.91 Å². The molecular formula is C17H22N4O2. The van der Waals surface area contributed by atoms with Crippen molar-refractivity contribution < 1.29 is 9.90 Å². The van der Waals surface area contributed by atoms with Crippen molar-refractivity contribution in [2.24, 2.45) is 7.05 Å². The van der Waals surface area contributed by atoms with Crippen molar-refractivity contribution in [3.05, 3.63) is 48.3 Å². The van der Waals surface area contributed by atoms with Gasteiger partial charge in [-0.2, -0.15) is 5.10 Å². The highest BCUT2D eigenvalue weighted by Crippen LogP contribution is 2.28. The molecule has 1 amide bonds. The summed E-state index contributed by atoms with van der Waals surface area (Å²) < 4.78 is 1.64. The Morgan fingerprint density at radius 2 is 2.17 bits per heavy atom. The molecule has 1 aliphatic heterocycles.